The van der Waals surface area contributed by atoms with Crippen molar-refractivity contribution in [1.82, 2.24) is 0 Å². The second-order valence-corrected chi connectivity index (χ2v) is 13.8. The number of fused-ring (bicyclic) bond motifs is 12. The third-order valence-electron chi connectivity index (χ3n) is 12.2. The Morgan fingerprint density at radius 1 is 0.564 bits per heavy atom. The molecular weight excluding hydrogens is 492 g/mol. The molecule has 0 amide bonds. The van der Waals surface area contributed by atoms with Crippen LogP contribution in [0.2, 0.25) is 0 Å². The number of allylic oxidation sites excluding steroid dienone is 6. The van der Waals surface area contributed by atoms with Crippen LogP contribution in [-0.4, -0.2) is 50.6 Å². The molecule has 0 radical (unpaired) electrons. The van der Waals surface area contributed by atoms with Gasteiger partial charge in [-0.15, -0.1) is 0 Å². The summed E-state index contributed by atoms with van der Waals surface area (Å²) in [6.45, 7) is 1.38. The molecule has 0 spiro atoms. The van der Waals surface area contributed by atoms with Gasteiger partial charge >= 0.3 is 11.9 Å². The van der Waals surface area contributed by atoms with Crippen LogP contribution in [-0.2, 0) is 28.5 Å². The first-order chi connectivity index (χ1) is 19.2. The van der Waals surface area contributed by atoms with E-state index >= 15 is 0 Å². The van der Waals surface area contributed by atoms with Crippen molar-refractivity contribution in [2.75, 3.05) is 26.4 Å². The molecule has 5 saturated carbocycles. The van der Waals surface area contributed by atoms with Crippen LogP contribution >= 0.6 is 0 Å². The van der Waals surface area contributed by atoms with Crippen molar-refractivity contribution >= 4 is 11.9 Å². The first-order valence-electron chi connectivity index (χ1n) is 15.7. The van der Waals surface area contributed by atoms with E-state index in [-0.39, 0.29) is 37.0 Å². The fourth-order valence-electron chi connectivity index (χ4n) is 10.7. The molecule has 8 rings (SSSR count). The van der Waals surface area contributed by atoms with Crippen molar-refractivity contribution in [2.45, 2.75) is 57.2 Å². The number of carbonyl (C=O) groups excluding carboxylic acids is 2. The van der Waals surface area contributed by atoms with E-state index in [0.29, 0.717) is 49.1 Å². The van der Waals surface area contributed by atoms with E-state index in [1.807, 2.05) is 0 Å². The van der Waals surface area contributed by atoms with Crippen molar-refractivity contribution in [3.05, 3.63) is 36.5 Å². The fourth-order valence-corrected chi connectivity index (χ4v) is 10.7. The van der Waals surface area contributed by atoms with Gasteiger partial charge in [0.2, 0.25) is 0 Å². The molecule has 0 N–H and O–H groups in total. The van der Waals surface area contributed by atoms with E-state index < -0.39 is 11.8 Å². The molecule has 8 aliphatic carbocycles. The summed E-state index contributed by atoms with van der Waals surface area (Å²) < 4.78 is 23.8. The van der Waals surface area contributed by atoms with Crippen LogP contribution in [0.15, 0.2) is 36.5 Å². The second-order valence-electron chi connectivity index (χ2n) is 13.8. The monoisotopic (exact) mass is 534 g/mol. The Balaban J connectivity index is 0.786. The maximum absolute atomic E-state index is 13.1. The van der Waals surface area contributed by atoms with Gasteiger partial charge in [-0.2, -0.15) is 0 Å². The minimum Gasteiger partial charge on any atom is -0.463 e. The number of hydrogen-bond donors (Lipinski definition) is 0. The van der Waals surface area contributed by atoms with E-state index in [1.54, 1.807) is 0 Å². The van der Waals surface area contributed by atoms with Crippen LogP contribution < -0.4 is 0 Å². The lowest BCUT2D eigenvalue weighted by molar-refractivity contribution is -0.164. The average molecular weight is 535 g/mol. The van der Waals surface area contributed by atoms with Gasteiger partial charge in [0.15, 0.2) is 0 Å². The minimum atomic E-state index is -0.447. The Bertz CT molecular complexity index is 996. The van der Waals surface area contributed by atoms with Gasteiger partial charge in [-0.05, 0) is 104 Å². The van der Waals surface area contributed by atoms with Gasteiger partial charge in [-0.25, -0.2) is 0 Å². The molecule has 6 heteroatoms. The number of ether oxygens (including phenoxy) is 4. The number of carbonyl (C=O) groups is 2. The van der Waals surface area contributed by atoms with Crippen LogP contribution in [0.4, 0.5) is 0 Å². The molecule has 0 aromatic heterocycles. The van der Waals surface area contributed by atoms with Crippen LogP contribution in [0.25, 0.3) is 0 Å². The minimum absolute atomic E-state index is 0.0651. The molecule has 6 nitrogen and oxygen atoms in total. The van der Waals surface area contributed by atoms with Gasteiger partial charge < -0.3 is 18.9 Å². The van der Waals surface area contributed by atoms with Gasteiger partial charge in [0.1, 0.15) is 13.2 Å². The summed E-state index contributed by atoms with van der Waals surface area (Å²) in [5, 5.41) is 0. The maximum Gasteiger partial charge on any atom is 0.310 e. The quantitative estimate of drug-likeness (QED) is 0.229. The molecule has 0 aromatic rings. The normalized spacial score (nSPS) is 48.8. The van der Waals surface area contributed by atoms with Gasteiger partial charge in [0.05, 0.1) is 37.3 Å². The van der Waals surface area contributed by atoms with Crippen LogP contribution in [0.3, 0.4) is 0 Å². The summed E-state index contributed by atoms with van der Waals surface area (Å²) in [7, 11) is 0. The zero-order chi connectivity index (χ0) is 26.1. The van der Waals surface area contributed by atoms with E-state index in [9.17, 15) is 9.59 Å². The fraction of sp³-hybridized carbons (Fsp3) is 0.758. The SMILES string of the molecule is O=C(OCCOC1CC2CC1C1C=CCC21)C1C2C=CC(C2)C1C(=O)OCCOC1CC2CC1C1C=CCC21. The largest absolute Gasteiger partial charge is 0.463 e. The van der Waals surface area contributed by atoms with Crippen molar-refractivity contribution < 1.29 is 28.5 Å². The van der Waals surface area contributed by atoms with Gasteiger partial charge in [-0.3, -0.25) is 9.59 Å². The Morgan fingerprint density at radius 2 is 1.05 bits per heavy atom. The van der Waals surface area contributed by atoms with Crippen molar-refractivity contribution in [1.29, 1.82) is 0 Å². The van der Waals surface area contributed by atoms with Crippen LogP contribution in [0.1, 0.15) is 44.9 Å². The molecule has 0 saturated heterocycles. The van der Waals surface area contributed by atoms with Gasteiger partial charge in [0.25, 0.3) is 0 Å². The molecule has 0 aromatic carbocycles. The van der Waals surface area contributed by atoms with Gasteiger partial charge in [-0.1, -0.05) is 36.5 Å². The number of esters is 2. The molecule has 0 aliphatic heterocycles. The first-order valence-corrected chi connectivity index (χ1v) is 15.7. The van der Waals surface area contributed by atoms with Crippen molar-refractivity contribution in [3.8, 4) is 0 Å². The summed E-state index contributed by atoms with van der Waals surface area (Å²) in [6, 6.07) is 0. The lowest BCUT2D eigenvalue weighted by Crippen LogP contribution is -2.37. The Hall–Kier alpha value is -1.92. The third kappa shape index (κ3) is 4.10. The van der Waals surface area contributed by atoms with Crippen molar-refractivity contribution in [3.63, 3.8) is 0 Å². The molecular formula is C33H42O6. The van der Waals surface area contributed by atoms with E-state index in [2.05, 4.69) is 36.5 Å². The second kappa shape index (κ2) is 9.87. The van der Waals surface area contributed by atoms with E-state index in [4.69, 9.17) is 18.9 Å². The van der Waals surface area contributed by atoms with Gasteiger partial charge in [0, 0.05) is 0 Å². The Kier molecular flexibility index (Phi) is 6.29. The molecule has 0 heterocycles. The molecule has 14 unspecified atom stereocenters. The molecule has 210 valence electrons. The smallest absolute Gasteiger partial charge is 0.310 e. The highest BCUT2D eigenvalue weighted by Gasteiger charge is 2.55. The predicted octanol–water partition coefficient (Wildman–Crippen LogP) is 4.75. The standard InChI is InChI=1S/C33H42O6/c34-32(38-11-9-36-28-16-20-14-26(28)24-5-1-3-22(20)24)30-18-7-8-19(13-18)31(30)33(35)39-12-10-37-29-17-21-15-27(29)25-6-2-4-23(21)25/h1-2,5-8,18-31H,3-4,9-17H2. The first kappa shape index (κ1) is 24.8. The highest BCUT2D eigenvalue weighted by Crippen LogP contribution is 2.58. The average Bonchev–Trinajstić information content (AvgIpc) is 3.76. The molecule has 14 atom stereocenters. The number of rotatable bonds is 10. The highest BCUT2D eigenvalue weighted by atomic mass is 16.6. The third-order valence-corrected chi connectivity index (χ3v) is 12.2. The lowest BCUT2D eigenvalue weighted by Gasteiger charge is -2.31. The summed E-state index contributed by atoms with van der Waals surface area (Å²) in [6.07, 6.45) is 22.4. The van der Waals surface area contributed by atoms with Crippen molar-refractivity contribution in [2.24, 2.45) is 71.0 Å². The molecule has 6 bridgehead atoms. The summed E-state index contributed by atoms with van der Waals surface area (Å²) in [5.74, 6) is 4.62. The molecule has 8 aliphatic rings. The maximum atomic E-state index is 13.1. The summed E-state index contributed by atoms with van der Waals surface area (Å²) in [5.41, 5.74) is 0. The predicted molar refractivity (Wildman–Crippen MR) is 143 cm³/mol. The topological polar surface area (TPSA) is 71.1 Å². The summed E-state index contributed by atoms with van der Waals surface area (Å²) >= 11 is 0. The van der Waals surface area contributed by atoms with Crippen LogP contribution in [0, 0.1) is 71.0 Å². The lowest BCUT2D eigenvalue weighted by atomic mass is 9.80. The number of hydrogen-bond acceptors (Lipinski definition) is 6. The Labute approximate surface area is 231 Å². The van der Waals surface area contributed by atoms with E-state index in [0.717, 1.165) is 42.9 Å². The van der Waals surface area contributed by atoms with E-state index in [1.165, 1.54) is 25.7 Å². The Morgan fingerprint density at radius 3 is 1.54 bits per heavy atom. The zero-order valence-corrected chi connectivity index (χ0v) is 22.8. The molecule has 39 heavy (non-hydrogen) atoms. The van der Waals surface area contributed by atoms with Crippen LogP contribution in [0.5, 0.6) is 0 Å². The summed E-state index contributed by atoms with van der Waals surface area (Å²) in [4.78, 5) is 26.3. The highest BCUT2D eigenvalue weighted by molar-refractivity contribution is 5.84. The molecule has 5 fully saturated rings. The zero-order valence-electron chi connectivity index (χ0n) is 22.8.